The molecule has 1 fully saturated rings. The van der Waals surface area contributed by atoms with Crippen molar-refractivity contribution in [3.05, 3.63) is 52.7 Å². The van der Waals surface area contributed by atoms with Crippen LogP contribution in [0.15, 0.2) is 34.9 Å². The quantitative estimate of drug-likeness (QED) is 0.498. The Labute approximate surface area is 205 Å². The molecule has 0 spiro atoms. The molecule has 0 radical (unpaired) electrons. The number of allylic oxidation sites excluding steroid dienone is 1. The van der Waals surface area contributed by atoms with Gasteiger partial charge in [-0.3, -0.25) is 9.48 Å². The van der Waals surface area contributed by atoms with Gasteiger partial charge < -0.3 is 14.5 Å². The Morgan fingerprint density at radius 2 is 2.06 bits per heavy atom. The summed E-state index contributed by atoms with van der Waals surface area (Å²) < 4.78 is 7.74. The highest BCUT2D eigenvalue weighted by atomic mass is 16.5. The summed E-state index contributed by atoms with van der Waals surface area (Å²) in [5, 5.41) is 18.0. The average molecular weight is 476 g/mol. The first kappa shape index (κ1) is 23.5. The van der Waals surface area contributed by atoms with Crippen LogP contribution in [0.2, 0.25) is 0 Å². The van der Waals surface area contributed by atoms with Crippen molar-refractivity contribution in [3.8, 4) is 23.0 Å². The number of nitrogens with zero attached hydrogens (tertiary/aromatic N) is 5. The highest BCUT2D eigenvalue weighted by Crippen LogP contribution is 2.34. The number of hydrogen-bond acceptors (Lipinski definition) is 6. The maximum Gasteiger partial charge on any atom is 0.304 e. The Morgan fingerprint density at radius 3 is 2.77 bits per heavy atom. The normalized spacial score (nSPS) is 17.0. The number of aromatic nitrogens is 4. The van der Waals surface area contributed by atoms with Crippen molar-refractivity contribution in [3.63, 3.8) is 0 Å². The third kappa shape index (κ3) is 4.80. The number of aliphatic carboxylic acids is 1. The lowest BCUT2D eigenvalue weighted by Gasteiger charge is -2.32. The molecule has 35 heavy (non-hydrogen) atoms. The van der Waals surface area contributed by atoms with Gasteiger partial charge in [-0.1, -0.05) is 35.5 Å². The number of carboxylic acids is 1. The van der Waals surface area contributed by atoms with E-state index >= 15 is 0 Å². The first-order chi connectivity index (χ1) is 16.9. The van der Waals surface area contributed by atoms with Crippen LogP contribution >= 0.6 is 0 Å². The molecule has 1 saturated heterocycles. The van der Waals surface area contributed by atoms with Gasteiger partial charge in [-0.2, -0.15) is 10.1 Å². The molecule has 8 heteroatoms. The standard InChI is InChI=1S/C27H33N5O3/c1-4-32-23-15-17(2)5-7-22(23)25(29-32)27-28-26(30-35-27)21-8-6-20(16-18(21)3)19-9-12-31(13-10-19)14-11-24(33)34/h6,8,16,19H,2,4-5,7,9-15H2,1,3H3,(H,33,34). The first-order valence-electron chi connectivity index (χ1n) is 12.6. The summed E-state index contributed by atoms with van der Waals surface area (Å²) >= 11 is 0. The molecule has 8 nitrogen and oxygen atoms in total. The highest BCUT2D eigenvalue weighted by Gasteiger charge is 2.27. The molecular formula is C27H33N5O3. The van der Waals surface area contributed by atoms with E-state index in [1.807, 2.05) is 4.68 Å². The van der Waals surface area contributed by atoms with E-state index in [1.54, 1.807) is 0 Å². The van der Waals surface area contributed by atoms with Crippen LogP contribution in [0.5, 0.6) is 0 Å². The van der Waals surface area contributed by atoms with Crippen LogP contribution in [0.25, 0.3) is 23.0 Å². The molecule has 1 N–H and O–H groups in total. The fraction of sp³-hybridized carbons (Fsp3) is 0.481. The maximum absolute atomic E-state index is 10.8. The zero-order valence-electron chi connectivity index (χ0n) is 20.6. The van der Waals surface area contributed by atoms with Crippen LogP contribution in [0, 0.1) is 6.92 Å². The highest BCUT2D eigenvalue weighted by molar-refractivity contribution is 5.67. The summed E-state index contributed by atoms with van der Waals surface area (Å²) in [5.41, 5.74) is 7.89. The first-order valence-corrected chi connectivity index (χ1v) is 12.6. The van der Waals surface area contributed by atoms with Crippen molar-refractivity contribution in [2.75, 3.05) is 19.6 Å². The van der Waals surface area contributed by atoms with E-state index in [0.29, 0.717) is 24.2 Å². The van der Waals surface area contributed by atoms with E-state index in [1.165, 1.54) is 22.4 Å². The molecule has 0 amide bonds. The van der Waals surface area contributed by atoms with E-state index in [2.05, 4.69) is 48.7 Å². The zero-order chi connectivity index (χ0) is 24.5. The molecule has 0 saturated carbocycles. The number of likely N-dealkylation sites (tertiary alicyclic amines) is 1. The average Bonchev–Trinajstić information content (AvgIpc) is 3.47. The molecule has 2 aliphatic rings. The lowest BCUT2D eigenvalue weighted by molar-refractivity contribution is -0.137. The van der Waals surface area contributed by atoms with Crippen LogP contribution < -0.4 is 0 Å². The molecule has 0 unspecified atom stereocenters. The van der Waals surface area contributed by atoms with E-state index in [4.69, 9.17) is 19.7 Å². The fourth-order valence-corrected chi connectivity index (χ4v) is 5.42. The van der Waals surface area contributed by atoms with Crippen LogP contribution in [-0.4, -0.2) is 55.5 Å². The number of aryl methyl sites for hydroxylation is 2. The smallest absolute Gasteiger partial charge is 0.304 e. The minimum absolute atomic E-state index is 0.210. The van der Waals surface area contributed by atoms with Gasteiger partial charge in [-0.15, -0.1) is 0 Å². The third-order valence-corrected chi connectivity index (χ3v) is 7.43. The Morgan fingerprint density at radius 1 is 1.26 bits per heavy atom. The lowest BCUT2D eigenvalue weighted by Crippen LogP contribution is -2.34. The minimum atomic E-state index is -0.729. The Kier molecular flexibility index (Phi) is 6.56. The summed E-state index contributed by atoms with van der Waals surface area (Å²) in [6.45, 7) is 11.7. The summed E-state index contributed by atoms with van der Waals surface area (Å²) in [5.74, 6) is 0.831. The topological polar surface area (TPSA) is 97.3 Å². The second-order valence-corrected chi connectivity index (χ2v) is 9.77. The largest absolute Gasteiger partial charge is 0.481 e. The van der Waals surface area contributed by atoms with Gasteiger partial charge in [-0.25, -0.2) is 0 Å². The number of carboxylic acid groups (broad SMARTS) is 1. The van der Waals surface area contributed by atoms with Crippen LogP contribution in [-0.2, 0) is 24.2 Å². The molecule has 184 valence electrons. The Bertz CT molecular complexity index is 1250. The molecule has 1 aliphatic carbocycles. The van der Waals surface area contributed by atoms with Crippen LogP contribution in [0.4, 0.5) is 0 Å². The Hall–Kier alpha value is -3.26. The van der Waals surface area contributed by atoms with Gasteiger partial charge in [0.05, 0.1) is 6.42 Å². The number of fused-ring (bicyclic) bond motifs is 1. The van der Waals surface area contributed by atoms with Gasteiger partial charge in [-0.05, 0) is 69.7 Å². The number of piperidine rings is 1. The van der Waals surface area contributed by atoms with E-state index < -0.39 is 5.97 Å². The number of carbonyl (C=O) groups is 1. The molecule has 3 heterocycles. The Balaban J connectivity index is 1.32. The van der Waals surface area contributed by atoms with E-state index in [-0.39, 0.29) is 6.42 Å². The summed E-state index contributed by atoms with van der Waals surface area (Å²) in [6.07, 6.45) is 5.03. The fourth-order valence-electron chi connectivity index (χ4n) is 5.42. The van der Waals surface area contributed by atoms with Gasteiger partial charge in [0.15, 0.2) is 5.69 Å². The molecule has 1 aliphatic heterocycles. The van der Waals surface area contributed by atoms with Crippen molar-refractivity contribution in [2.24, 2.45) is 0 Å². The summed E-state index contributed by atoms with van der Waals surface area (Å²) in [4.78, 5) is 17.8. The molecular weight excluding hydrogens is 442 g/mol. The predicted octanol–water partition coefficient (Wildman–Crippen LogP) is 4.63. The van der Waals surface area contributed by atoms with Crippen molar-refractivity contribution in [1.82, 2.24) is 24.8 Å². The number of benzene rings is 1. The predicted molar refractivity (Wildman–Crippen MR) is 133 cm³/mol. The van der Waals surface area contributed by atoms with Gasteiger partial charge in [0.1, 0.15) is 0 Å². The monoisotopic (exact) mass is 475 g/mol. The van der Waals surface area contributed by atoms with Gasteiger partial charge in [0.25, 0.3) is 5.89 Å². The second kappa shape index (κ2) is 9.77. The minimum Gasteiger partial charge on any atom is -0.481 e. The molecule has 2 aromatic heterocycles. The van der Waals surface area contributed by atoms with Gasteiger partial charge in [0.2, 0.25) is 5.82 Å². The van der Waals surface area contributed by atoms with Crippen molar-refractivity contribution in [1.29, 1.82) is 0 Å². The van der Waals surface area contributed by atoms with Gasteiger partial charge >= 0.3 is 5.97 Å². The van der Waals surface area contributed by atoms with Crippen LogP contribution in [0.1, 0.15) is 60.9 Å². The number of rotatable bonds is 7. The zero-order valence-corrected chi connectivity index (χ0v) is 20.6. The third-order valence-electron chi connectivity index (χ3n) is 7.43. The van der Waals surface area contributed by atoms with Crippen molar-refractivity contribution >= 4 is 5.97 Å². The molecule has 0 atom stereocenters. The maximum atomic E-state index is 10.8. The van der Waals surface area contributed by atoms with Gasteiger partial charge in [0, 0.05) is 36.3 Å². The molecule has 1 aromatic carbocycles. The van der Waals surface area contributed by atoms with E-state index in [0.717, 1.165) is 68.6 Å². The number of hydrogen-bond donors (Lipinski definition) is 1. The summed E-state index contributed by atoms with van der Waals surface area (Å²) in [6, 6.07) is 6.51. The molecule has 0 bridgehead atoms. The summed E-state index contributed by atoms with van der Waals surface area (Å²) in [7, 11) is 0. The lowest BCUT2D eigenvalue weighted by atomic mass is 9.87. The van der Waals surface area contributed by atoms with Crippen molar-refractivity contribution < 1.29 is 14.4 Å². The molecule has 5 rings (SSSR count). The van der Waals surface area contributed by atoms with Crippen LogP contribution in [0.3, 0.4) is 0 Å². The van der Waals surface area contributed by atoms with E-state index in [9.17, 15) is 4.79 Å². The molecule has 3 aromatic rings. The second-order valence-electron chi connectivity index (χ2n) is 9.77. The SMILES string of the molecule is C=C1CCc2c(-c3nc(-c4ccc(C5CCN(CCC(=O)O)CC5)cc4C)no3)nn(CC)c2C1. The van der Waals surface area contributed by atoms with Crippen molar-refractivity contribution in [2.45, 2.75) is 64.8 Å².